The van der Waals surface area contributed by atoms with Crippen molar-refractivity contribution in [3.8, 4) is 5.75 Å². The molecule has 11 heteroatoms. The van der Waals surface area contributed by atoms with E-state index in [0.29, 0.717) is 44.5 Å². The smallest absolute Gasteiger partial charge is 0.412 e. The normalized spacial score (nSPS) is 12.9. The lowest BCUT2D eigenvalue weighted by atomic mass is 10.2. The summed E-state index contributed by atoms with van der Waals surface area (Å²) in [4.78, 5) is 11.7. The van der Waals surface area contributed by atoms with E-state index in [4.69, 9.17) is 28.2 Å². The Bertz CT molecular complexity index is 745. The third-order valence-electron chi connectivity index (χ3n) is 3.60. The highest BCUT2D eigenvalue weighted by Crippen LogP contribution is 2.17. The molecule has 0 aliphatic heterocycles. The van der Waals surface area contributed by atoms with Gasteiger partial charge >= 0.3 is 6.09 Å². The summed E-state index contributed by atoms with van der Waals surface area (Å²) in [5.74, 6) is 0.644. The van der Waals surface area contributed by atoms with Gasteiger partial charge in [-0.1, -0.05) is 0 Å². The zero-order valence-electron chi connectivity index (χ0n) is 18.5. The molecule has 0 aromatic heterocycles. The molecular weight excluding hydrogens is 430 g/mol. The van der Waals surface area contributed by atoms with Gasteiger partial charge in [0, 0.05) is 5.69 Å². The van der Waals surface area contributed by atoms with Crippen LogP contribution in [0.1, 0.15) is 27.7 Å². The van der Waals surface area contributed by atoms with Gasteiger partial charge in [0.1, 0.15) is 23.2 Å². The number of nitrogens with one attached hydrogen (secondary N) is 1. The number of anilines is 1. The Hall–Kier alpha value is -1.92. The van der Waals surface area contributed by atoms with Gasteiger partial charge in [0.05, 0.1) is 39.6 Å². The lowest BCUT2D eigenvalue weighted by Gasteiger charge is -2.19. The molecule has 1 aromatic carbocycles. The van der Waals surface area contributed by atoms with E-state index in [2.05, 4.69) is 5.32 Å². The first-order chi connectivity index (χ1) is 14.5. The van der Waals surface area contributed by atoms with Gasteiger partial charge in [-0.25, -0.2) is 4.79 Å². The van der Waals surface area contributed by atoms with Crippen molar-refractivity contribution in [1.29, 1.82) is 0 Å². The number of rotatable bonds is 14. The predicted molar refractivity (Wildman–Crippen MR) is 115 cm³/mol. The van der Waals surface area contributed by atoms with Crippen molar-refractivity contribution in [2.75, 3.05) is 51.6 Å². The fraction of sp³-hybridized carbons (Fsp3) is 0.650. The molecule has 1 amide bonds. The summed E-state index contributed by atoms with van der Waals surface area (Å²) in [5.41, 5.74) is 0.0440. The Labute approximate surface area is 183 Å². The monoisotopic (exact) mass is 463 g/mol. The van der Waals surface area contributed by atoms with Gasteiger partial charge in [-0.05, 0) is 52.0 Å². The van der Waals surface area contributed by atoms with Crippen LogP contribution >= 0.6 is 0 Å². The van der Waals surface area contributed by atoms with Crippen LogP contribution in [-0.2, 0) is 29.1 Å². The highest BCUT2D eigenvalue weighted by molar-refractivity contribution is 7.86. The molecule has 0 radical (unpaired) electrons. The Morgan fingerprint density at radius 3 is 2.00 bits per heavy atom. The minimum atomic E-state index is -4.07. The largest absolute Gasteiger partial charge is 0.491 e. The summed E-state index contributed by atoms with van der Waals surface area (Å²) in [6, 6.07) is 6.90. The van der Waals surface area contributed by atoms with E-state index in [-0.39, 0.29) is 13.2 Å². The molecule has 178 valence electrons. The summed E-state index contributed by atoms with van der Waals surface area (Å²) < 4.78 is 56.9. The molecule has 0 spiro atoms. The highest BCUT2D eigenvalue weighted by Gasteiger charge is 2.17. The van der Waals surface area contributed by atoms with Crippen LogP contribution in [0, 0.1) is 0 Å². The van der Waals surface area contributed by atoms with Gasteiger partial charge in [-0.3, -0.25) is 9.87 Å². The van der Waals surface area contributed by atoms with Crippen molar-refractivity contribution in [3.63, 3.8) is 0 Å². The first-order valence-corrected chi connectivity index (χ1v) is 11.4. The average molecular weight is 464 g/mol. The lowest BCUT2D eigenvalue weighted by Crippen LogP contribution is -2.27. The van der Waals surface area contributed by atoms with Crippen molar-refractivity contribution in [3.05, 3.63) is 24.3 Å². The molecule has 1 aromatic rings. The quantitative estimate of drug-likeness (QED) is 0.316. The van der Waals surface area contributed by atoms with Gasteiger partial charge < -0.3 is 23.7 Å². The molecule has 2 N–H and O–H groups in total. The first-order valence-electron chi connectivity index (χ1n) is 9.90. The van der Waals surface area contributed by atoms with Crippen LogP contribution in [0.25, 0.3) is 0 Å². The molecular formula is C20H33NO9S. The van der Waals surface area contributed by atoms with Crippen molar-refractivity contribution in [1.82, 2.24) is 0 Å². The minimum Gasteiger partial charge on any atom is -0.491 e. The molecule has 1 rings (SSSR count). The van der Waals surface area contributed by atoms with Crippen LogP contribution in [0.5, 0.6) is 5.75 Å². The second-order valence-electron chi connectivity index (χ2n) is 7.62. The minimum absolute atomic E-state index is 0.0892. The number of carbonyl (C=O) groups is 1. The van der Waals surface area contributed by atoms with Crippen molar-refractivity contribution in [2.24, 2.45) is 0 Å². The Kier molecular flexibility index (Phi) is 11.8. The van der Waals surface area contributed by atoms with Gasteiger partial charge in [-0.2, -0.15) is 8.42 Å². The van der Waals surface area contributed by atoms with Gasteiger partial charge in [0.25, 0.3) is 10.1 Å². The van der Waals surface area contributed by atoms with Crippen LogP contribution in [0.2, 0.25) is 0 Å². The zero-order valence-corrected chi connectivity index (χ0v) is 19.3. The molecule has 0 aliphatic rings. The number of hydrogen-bond donors (Lipinski definition) is 2. The van der Waals surface area contributed by atoms with Crippen molar-refractivity contribution in [2.45, 2.75) is 38.5 Å². The summed E-state index contributed by atoms with van der Waals surface area (Å²) in [6.45, 7) is 8.65. The molecule has 0 fully saturated rings. The van der Waals surface area contributed by atoms with Gasteiger partial charge in [0.15, 0.2) is 0 Å². The maximum atomic E-state index is 11.7. The van der Waals surface area contributed by atoms with E-state index >= 15 is 0 Å². The standard InChI is InChI=1S/C20H33NO9S/c1-16(31(23,24)25)15-28-12-11-26-9-10-27-13-14-29-18-7-5-17(6-8-18)21-19(22)30-20(2,3)4/h5-8,16H,9-15H2,1-4H3,(H,21,22)(H,23,24,25). The van der Waals surface area contributed by atoms with Crippen molar-refractivity contribution < 1.29 is 41.4 Å². The maximum Gasteiger partial charge on any atom is 0.412 e. The van der Waals surface area contributed by atoms with E-state index in [1.165, 1.54) is 6.92 Å². The SMILES string of the molecule is CC(COCCOCCOCCOc1ccc(NC(=O)OC(C)(C)C)cc1)S(=O)(=O)O. The molecule has 1 atom stereocenters. The van der Waals surface area contributed by atoms with Gasteiger partial charge in [0.2, 0.25) is 0 Å². The Morgan fingerprint density at radius 2 is 1.48 bits per heavy atom. The molecule has 0 aliphatic carbocycles. The molecule has 0 saturated heterocycles. The van der Waals surface area contributed by atoms with Crippen LogP contribution in [0.15, 0.2) is 24.3 Å². The Morgan fingerprint density at radius 1 is 0.968 bits per heavy atom. The molecule has 0 saturated carbocycles. The van der Waals surface area contributed by atoms with Crippen LogP contribution in [0.4, 0.5) is 10.5 Å². The average Bonchev–Trinajstić information content (AvgIpc) is 2.64. The van der Waals surface area contributed by atoms with Crippen molar-refractivity contribution >= 4 is 21.9 Å². The third-order valence-corrected chi connectivity index (χ3v) is 4.75. The van der Waals surface area contributed by atoms with Gasteiger partial charge in [-0.15, -0.1) is 0 Å². The van der Waals surface area contributed by atoms with E-state index in [1.54, 1.807) is 45.0 Å². The number of benzene rings is 1. The first kappa shape index (κ1) is 27.1. The Balaban J connectivity index is 2.04. The fourth-order valence-electron chi connectivity index (χ4n) is 2.05. The molecule has 31 heavy (non-hydrogen) atoms. The third kappa shape index (κ3) is 13.9. The molecule has 1 unspecified atom stereocenters. The van der Waals surface area contributed by atoms with E-state index in [9.17, 15) is 13.2 Å². The number of amides is 1. The maximum absolute atomic E-state index is 11.7. The number of carbonyl (C=O) groups excluding carboxylic acids is 1. The number of ether oxygens (including phenoxy) is 5. The summed E-state index contributed by atoms with van der Waals surface area (Å²) in [5, 5.41) is 1.68. The zero-order chi connectivity index (χ0) is 23.3. The topological polar surface area (TPSA) is 130 Å². The second-order valence-corrected chi connectivity index (χ2v) is 9.46. The molecule has 0 bridgehead atoms. The lowest BCUT2D eigenvalue weighted by molar-refractivity contribution is 0.00958. The summed E-state index contributed by atoms with van der Waals surface area (Å²) in [7, 11) is -4.07. The van der Waals surface area contributed by atoms with Crippen LogP contribution in [-0.4, -0.2) is 76.2 Å². The predicted octanol–water partition coefficient (Wildman–Crippen LogP) is 2.74. The second kappa shape index (κ2) is 13.5. The fourth-order valence-corrected chi connectivity index (χ4v) is 2.32. The van der Waals surface area contributed by atoms with E-state index < -0.39 is 27.1 Å². The van der Waals surface area contributed by atoms with E-state index in [0.717, 1.165) is 0 Å². The summed E-state index contributed by atoms with van der Waals surface area (Å²) in [6.07, 6.45) is -0.518. The summed E-state index contributed by atoms with van der Waals surface area (Å²) >= 11 is 0. The van der Waals surface area contributed by atoms with Crippen LogP contribution < -0.4 is 10.1 Å². The van der Waals surface area contributed by atoms with Crippen LogP contribution in [0.3, 0.4) is 0 Å². The molecule has 0 heterocycles. The number of hydrogen-bond acceptors (Lipinski definition) is 8. The molecule has 10 nitrogen and oxygen atoms in total. The highest BCUT2D eigenvalue weighted by atomic mass is 32.2. The van der Waals surface area contributed by atoms with E-state index in [1.807, 2.05) is 0 Å².